The summed E-state index contributed by atoms with van der Waals surface area (Å²) in [5.41, 5.74) is 1.25. The Balaban J connectivity index is 2.12. The van der Waals surface area contributed by atoms with Gasteiger partial charge in [-0.2, -0.15) is 0 Å². The lowest BCUT2D eigenvalue weighted by Gasteiger charge is -2.15. The number of halogens is 1. The largest absolute Gasteiger partial charge is 0.316 e. The summed E-state index contributed by atoms with van der Waals surface area (Å²) in [5.74, 6) is 0. The van der Waals surface area contributed by atoms with E-state index in [1.807, 2.05) is 19.2 Å². The fourth-order valence-electron chi connectivity index (χ4n) is 2.23. The Morgan fingerprint density at radius 2 is 2.05 bits per heavy atom. The van der Waals surface area contributed by atoms with Gasteiger partial charge in [0, 0.05) is 17.6 Å². The van der Waals surface area contributed by atoms with Gasteiger partial charge in [0.15, 0.2) is 0 Å². The summed E-state index contributed by atoms with van der Waals surface area (Å²) in [5, 5.41) is 3.04. The highest BCUT2D eigenvalue weighted by Crippen LogP contribution is 2.48. The first-order valence-corrected chi connectivity index (χ1v) is 9.13. The molecule has 0 amide bonds. The molecule has 0 aromatic heterocycles. The molecule has 2 rings (SSSR count). The van der Waals surface area contributed by atoms with Gasteiger partial charge < -0.3 is 5.32 Å². The van der Waals surface area contributed by atoms with Crippen LogP contribution in [0.4, 0.5) is 0 Å². The van der Waals surface area contributed by atoms with Crippen molar-refractivity contribution in [3.63, 3.8) is 0 Å². The van der Waals surface area contributed by atoms with Crippen molar-refractivity contribution in [2.45, 2.75) is 37.6 Å². The lowest BCUT2D eigenvalue weighted by atomic mass is 10.1. The van der Waals surface area contributed by atoms with E-state index in [1.54, 1.807) is 6.07 Å². The van der Waals surface area contributed by atoms with Crippen molar-refractivity contribution in [3.05, 3.63) is 28.2 Å². The molecule has 20 heavy (non-hydrogen) atoms. The Morgan fingerprint density at radius 3 is 2.55 bits per heavy atom. The molecule has 6 heteroatoms. The summed E-state index contributed by atoms with van der Waals surface area (Å²) in [6.07, 6.45) is 3.26. The van der Waals surface area contributed by atoms with Crippen molar-refractivity contribution in [2.75, 3.05) is 13.6 Å². The number of sulfonamides is 1. The van der Waals surface area contributed by atoms with E-state index in [0.29, 0.717) is 22.5 Å². The van der Waals surface area contributed by atoms with Crippen LogP contribution in [0.5, 0.6) is 0 Å². The Bertz CT molecular complexity index is 583. The molecule has 0 atom stereocenters. The first-order valence-electron chi connectivity index (χ1n) is 6.85. The van der Waals surface area contributed by atoms with Gasteiger partial charge in [0.05, 0.1) is 4.90 Å². The average molecular weight is 361 g/mol. The van der Waals surface area contributed by atoms with Gasteiger partial charge in [0.1, 0.15) is 0 Å². The molecule has 1 aromatic carbocycles. The summed E-state index contributed by atoms with van der Waals surface area (Å²) in [7, 11) is -1.58. The first-order chi connectivity index (χ1) is 9.42. The van der Waals surface area contributed by atoms with Gasteiger partial charge in [-0.3, -0.25) is 0 Å². The number of rotatable bonds is 7. The monoisotopic (exact) mass is 360 g/mol. The number of hydrogen-bond acceptors (Lipinski definition) is 3. The minimum Gasteiger partial charge on any atom is -0.316 e. The molecule has 0 radical (unpaired) electrons. The molecule has 1 aliphatic carbocycles. The second kappa shape index (κ2) is 6.13. The fraction of sp³-hybridized carbons (Fsp3) is 0.571. The Labute approximate surface area is 129 Å². The van der Waals surface area contributed by atoms with Crippen LogP contribution in [-0.4, -0.2) is 22.0 Å². The quantitative estimate of drug-likeness (QED) is 0.785. The van der Waals surface area contributed by atoms with Crippen LogP contribution in [0.15, 0.2) is 27.6 Å². The van der Waals surface area contributed by atoms with Crippen molar-refractivity contribution in [3.8, 4) is 0 Å². The molecule has 0 spiro atoms. The fourth-order valence-corrected chi connectivity index (χ4v) is 4.51. The summed E-state index contributed by atoms with van der Waals surface area (Å²) in [6.45, 7) is 3.37. The Morgan fingerprint density at radius 1 is 1.35 bits per heavy atom. The van der Waals surface area contributed by atoms with E-state index in [2.05, 4.69) is 32.9 Å². The van der Waals surface area contributed by atoms with Crippen molar-refractivity contribution in [2.24, 2.45) is 5.41 Å². The van der Waals surface area contributed by atoms with E-state index < -0.39 is 10.0 Å². The van der Waals surface area contributed by atoms with E-state index in [-0.39, 0.29) is 5.41 Å². The topological polar surface area (TPSA) is 58.2 Å². The summed E-state index contributed by atoms with van der Waals surface area (Å²) >= 11 is 3.36. The summed E-state index contributed by atoms with van der Waals surface area (Å²) in [4.78, 5) is 0.309. The van der Waals surface area contributed by atoms with Gasteiger partial charge in [-0.05, 0) is 65.4 Å². The van der Waals surface area contributed by atoms with E-state index in [4.69, 9.17) is 0 Å². The number of benzene rings is 1. The molecule has 2 N–H and O–H groups in total. The third kappa shape index (κ3) is 3.61. The van der Waals surface area contributed by atoms with Gasteiger partial charge in [-0.1, -0.05) is 13.0 Å². The van der Waals surface area contributed by atoms with Crippen LogP contribution >= 0.6 is 15.9 Å². The molecular weight excluding hydrogens is 340 g/mol. The molecule has 1 fully saturated rings. The maximum Gasteiger partial charge on any atom is 0.241 e. The Hall–Kier alpha value is -0.430. The maximum absolute atomic E-state index is 12.4. The zero-order valence-corrected chi connectivity index (χ0v) is 14.3. The molecule has 4 nitrogen and oxygen atoms in total. The van der Waals surface area contributed by atoms with Crippen molar-refractivity contribution >= 4 is 26.0 Å². The zero-order chi connectivity index (χ0) is 14.8. The van der Waals surface area contributed by atoms with Crippen molar-refractivity contribution in [1.29, 1.82) is 0 Å². The third-order valence-electron chi connectivity index (χ3n) is 4.01. The van der Waals surface area contributed by atoms with Gasteiger partial charge in [-0.25, -0.2) is 13.1 Å². The molecular formula is C14H21BrN2O2S. The molecule has 0 saturated heterocycles. The minimum atomic E-state index is -3.44. The van der Waals surface area contributed by atoms with Crippen molar-refractivity contribution < 1.29 is 8.42 Å². The van der Waals surface area contributed by atoms with E-state index in [1.165, 1.54) is 0 Å². The highest BCUT2D eigenvalue weighted by atomic mass is 79.9. The molecule has 0 aliphatic heterocycles. The van der Waals surface area contributed by atoms with Crippen molar-refractivity contribution in [1.82, 2.24) is 10.0 Å². The lowest BCUT2D eigenvalue weighted by molar-refractivity contribution is 0.475. The molecule has 1 aromatic rings. The van der Waals surface area contributed by atoms with Gasteiger partial charge in [0.25, 0.3) is 0 Å². The summed E-state index contributed by atoms with van der Waals surface area (Å²) < 4.78 is 28.1. The molecule has 1 saturated carbocycles. The summed E-state index contributed by atoms with van der Waals surface area (Å²) in [6, 6.07) is 5.34. The van der Waals surface area contributed by atoms with Crippen LogP contribution in [0.25, 0.3) is 0 Å². The number of hydrogen-bond donors (Lipinski definition) is 2. The molecule has 0 unspecified atom stereocenters. The van der Waals surface area contributed by atoms with Gasteiger partial charge >= 0.3 is 0 Å². The molecule has 1 aliphatic rings. The van der Waals surface area contributed by atoms with Crippen LogP contribution < -0.4 is 10.0 Å². The van der Waals surface area contributed by atoms with Crippen LogP contribution in [0.1, 0.15) is 31.7 Å². The van der Waals surface area contributed by atoms with Gasteiger partial charge in [-0.15, -0.1) is 0 Å². The average Bonchev–Trinajstić information content (AvgIpc) is 3.17. The van der Waals surface area contributed by atoms with E-state index >= 15 is 0 Å². The first kappa shape index (κ1) is 15.9. The molecule has 0 heterocycles. The predicted molar refractivity (Wildman–Crippen MR) is 84.1 cm³/mol. The molecule has 112 valence electrons. The standard InChI is InChI=1S/C14H21BrN2O2S/c1-3-14(6-7-14)10-17-20(18,19)13-5-4-11(9-16-2)8-12(13)15/h4-5,8,16-17H,3,6-7,9-10H2,1-2H3. The maximum atomic E-state index is 12.4. The third-order valence-corrected chi connectivity index (χ3v) is 6.39. The lowest BCUT2D eigenvalue weighted by Crippen LogP contribution is -2.30. The Kier molecular flexibility index (Phi) is 4.89. The van der Waals surface area contributed by atoms with Gasteiger partial charge in [0.2, 0.25) is 10.0 Å². The van der Waals surface area contributed by atoms with Crippen LogP contribution in [0.3, 0.4) is 0 Å². The molecule has 0 bridgehead atoms. The second-order valence-electron chi connectivity index (χ2n) is 5.47. The SMILES string of the molecule is CCC1(CNS(=O)(=O)c2ccc(CNC)cc2Br)CC1. The van der Waals surface area contributed by atoms with Crippen LogP contribution in [0, 0.1) is 5.41 Å². The predicted octanol–water partition coefficient (Wildman–Crippen LogP) is 2.64. The number of nitrogens with one attached hydrogen (secondary N) is 2. The second-order valence-corrected chi connectivity index (χ2v) is 8.06. The minimum absolute atomic E-state index is 0.200. The highest BCUT2D eigenvalue weighted by molar-refractivity contribution is 9.10. The zero-order valence-electron chi connectivity index (χ0n) is 11.9. The van der Waals surface area contributed by atoms with Crippen LogP contribution in [0.2, 0.25) is 0 Å². The smallest absolute Gasteiger partial charge is 0.241 e. The normalized spacial score (nSPS) is 17.1. The van der Waals surface area contributed by atoms with E-state index in [9.17, 15) is 8.42 Å². The van der Waals surface area contributed by atoms with Crippen LogP contribution in [-0.2, 0) is 16.6 Å². The van der Waals surface area contributed by atoms with E-state index in [0.717, 1.165) is 24.8 Å². The highest BCUT2D eigenvalue weighted by Gasteiger charge is 2.41.